The van der Waals surface area contributed by atoms with Crippen LogP contribution in [0.3, 0.4) is 0 Å². The number of nitrogens with zero attached hydrogens (tertiary/aromatic N) is 2. The molecule has 12 heteroatoms. The van der Waals surface area contributed by atoms with Crippen LogP contribution < -0.4 is 9.47 Å². The smallest absolute Gasteiger partial charge is 0.296 e. The van der Waals surface area contributed by atoms with Crippen molar-refractivity contribution in [3.05, 3.63) is 35.5 Å². The molecule has 1 aromatic rings. The Balaban J connectivity index is 1.81. The number of carbonyl (C=O) groups excluding carboxylic acids is 2. The van der Waals surface area contributed by atoms with Gasteiger partial charge in [-0.15, -0.1) is 11.8 Å². The third kappa shape index (κ3) is 3.28. The molecule has 11 nitrogen and oxygen atoms in total. The number of ether oxygens (including phenoxy) is 2. The van der Waals surface area contributed by atoms with Gasteiger partial charge in [-0.2, -0.15) is 5.06 Å². The lowest BCUT2D eigenvalue weighted by Crippen LogP contribution is -2.76. The minimum Gasteiger partial charge on any atom is -0.504 e. The number of aliphatic hydroxyl groups excluding tert-OH is 2. The first-order valence-electron chi connectivity index (χ1n) is 10.3. The van der Waals surface area contributed by atoms with Crippen molar-refractivity contribution in [3.63, 3.8) is 0 Å². The second kappa shape index (κ2) is 8.47. The Morgan fingerprint density at radius 3 is 2.53 bits per heavy atom. The zero-order chi connectivity index (χ0) is 25.0. The molecule has 3 aliphatic rings. The Morgan fingerprint density at radius 1 is 1.21 bits per heavy atom. The third-order valence-electron chi connectivity index (χ3n) is 6.46. The maximum atomic E-state index is 13.6. The normalized spacial score (nSPS) is 34.2. The van der Waals surface area contributed by atoms with Gasteiger partial charge in [0, 0.05) is 19.0 Å². The van der Waals surface area contributed by atoms with Crippen molar-refractivity contribution < 1.29 is 44.3 Å². The number of benzene rings is 1. The first-order valence-corrected chi connectivity index (χ1v) is 11.5. The number of amides is 2. The van der Waals surface area contributed by atoms with E-state index >= 15 is 0 Å². The van der Waals surface area contributed by atoms with Gasteiger partial charge in [0.2, 0.25) is 5.75 Å². The number of aliphatic hydroxyl groups is 3. The summed E-state index contributed by atoms with van der Waals surface area (Å²) >= 11 is 0.972. The fourth-order valence-corrected chi connectivity index (χ4v) is 5.53. The van der Waals surface area contributed by atoms with E-state index in [1.54, 1.807) is 6.26 Å². The average Bonchev–Trinajstić information content (AvgIpc) is 2.83. The van der Waals surface area contributed by atoms with Crippen molar-refractivity contribution in [1.82, 2.24) is 9.96 Å². The first kappa shape index (κ1) is 24.4. The summed E-state index contributed by atoms with van der Waals surface area (Å²) in [5.41, 5.74) is -1.95. The number of thioether (sulfide) groups is 1. The van der Waals surface area contributed by atoms with Gasteiger partial charge in [0.15, 0.2) is 16.4 Å². The van der Waals surface area contributed by atoms with Crippen LogP contribution in [0.15, 0.2) is 30.0 Å². The molecule has 2 heterocycles. The summed E-state index contributed by atoms with van der Waals surface area (Å²) < 4.78 is 10.3. The number of phenolic OH excluding ortho intramolecular Hbond substituents is 1. The summed E-state index contributed by atoms with van der Waals surface area (Å²) in [7, 11) is 4.15. The molecule has 4 rings (SSSR count). The van der Waals surface area contributed by atoms with Crippen LogP contribution in [0.1, 0.15) is 12.0 Å². The van der Waals surface area contributed by atoms with E-state index < -0.39 is 40.6 Å². The van der Waals surface area contributed by atoms with Crippen molar-refractivity contribution in [2.45, 2.75) is 35.2 Å². The lowest BCUT2D eigenvalue weighted by atomic mass is 9.76. The summed E-state index contributed by atoms with van der Waals surface area (Å²) in [5, 5.41) is 43.5. The van der Waals surface area contributed by atoms with Gasteiger partial charge in [-0.05, 0) is 24.5 Å². The molecule has 0 radical (unpaired) electrons. The molecule has 184 valence electrons. The molecule has 5 atom stereocenters. The summed E-state index contributed by atoms with van der Waals surface area (Å²) in [6.07, 6.45) is 0.878. The summed E-state index contributed by atoms with van der Waals surface area (Å²) in [6.45, 7) is 0. The second-order valence-electron chi connectivity index (χ2n) is 8.24. The van der Waals surface area contributed by atoms with Crippen LogP contribution in [0.2, 0.25) is 0 Å². The summed E-state index contributed by atoms with van der Waals surface area (Å²) in [4.78, 5) is 32.3. The van der Waals surface area contributed by atoms with Crippen molar-refractivity contribution in [1.29, 1.82) is 0 Å². The molecular formula is C22H26N2O9S. The van der Waals surface area contributed by atoms with Gasteiger partial charge in [0.05, 0.1) is 14.2 Å². The van der Waals surface area contributed by atoms with Crippen molar-refractivity contribution in [2.24, 2.45) is 0 Å². The van der Waals surface area contributed by atoms with Crippen LogP contribution in [0.25, 0.3) is 6.08 Å². The predicted molar refractivity (Wildman–Crippen MR) is 121 cm³/mol. The molecule has 2 aliphatic heterocycles. The molecule has 0 saturated carbocycles. The van der Waals surface area contributed by atoms with Crippen molar-refractivity contribution in [3.8, 4) is 17.2 Å². The number of likely N-dealkylation sites (N-methyl/N-ethyl adjacent to an activating group) is 1. The van der Waals surface area contributed by atoms with Gasteiger partial charge in [-0.1, -0.05) is 12.2 Å². The zero-order valence-corrected chi connectivity index (χ0v) is 19.8. The molecule has 34 heavy (non-hydrogen) atoms. The van der Waals surface area contributed by atoms with E-state index in [1.807, 2.05) is 0 Å². The number of fused-ring (bicyclic) bond motifs is 2. The van der Waals surface area contributed by atoms with Crippen LogP contribution in [0.4, 0.5) is 0 Å². The minimum absolute atomic E-state index is 0.0536. The van der Waals surface area contributed by atoms with E-state index in [-0.39, 0.29) is 34.9 Å². The first-order chi connectivity index (χ1) is 16.0. The van der Waals surface area contributed by atoms with Crippen LogP contribution in [-0.4, -0.2) is 98.5 Å². The molecule has 0 unspecified atom stereocenters. The van der Waals surface area contributed by atoms with Crippen LogP contribution in [0.5, 0.6) is 17.2 Å². The molecule has 0 bridgehead atoms. The van der Waals surface area contributed by atoms with Crippen molar-refractivity contribution in [2.75, 3.05) is 27.5 Å². The largest absolute Gasteiger partial charge is 0.504 e. The lowest BCUT2D eigenvalue weighted by Gasteiger charge is -2.57. The number of hydrogen-bond acceptors (Lipinski definition) is 10. The Morgan fingerprint density at radius 2 is 1.91 bits per heavy atom. The molecule has 0 aromatic heterocycles. The van der Waals surface area contributed by atoms with Gasteiger partial charge >= 0.3 is 0 Å². The minimum atomic E-state index is -2.01. The average molecular weight is 495 g/mol. The number of rotatable bonds is 4. The number of aromatic hydroxyl groups is 1. The Labute approximate surface area is 199 Å². The predicted octanol–water partition coefficient (Wildman–Crippen LogP) is -0.163. The number of piperazine rings is 1. The zero-order valence-electron chi connectivity index (χ0n) is 19.0. The fourth-order valence-electron chi connectivity index (χ4n) is 4.55. The summed E-state index contributed by atoms with van der Waals surface area (Å²) in [5.74, 6) is -1.29. The van der Waals surface area contributed by atoms with Crippen molar-refractivity contribution >= 4 is 29.7 Å². The highest BCUT2D eigenvalue weighted by Gasteiger charge is 2.67. The van der Waals surface area contributed by atoms with E-state index in [0.29, 0.717) is 0 Å². The quantitative estimate of drug-likeness (QED) is 0.328. The summed E-state index contributed by atoms with van der Waals surface area (Å²) in [6, 6.07) is 3.03. The Kier molecular flexibility index (Phi) is 6.07. The topological polar surface area (TPSA) is 149 Å². The van der Waals surface area contributed by atoms with Gasteiger partial charge < -0.3 is 34.8 Å². The van der Waals surface area contributed by atoms with E-state index in [2.05, 4.69) is 0 Å². The van der Waals surface area contributed by atoms with Gasteiger partial charge in [0.25, 0.3) is 11.8 Å². The van der Waals surface area contributed by atoms with Gasteiger partial charge in [-0.3, -0.25) is 14.4 Å². The van der Waals surface area contributed by atoms with Crippen LogP contribution in [-0.2, 0) is 14.4 Å². The molecule has 4 N–H and O–H groups in total. The third-order valence-corrected chi connectivity index (χ3v) is 7.62. The van der Waals surface area contributed by atoms with E-state index in [4.69, 9.17) is 14.3 Å². The number of hydroxylamine groups is 2. The van der Waals surface area contributed by atoms with Crippen LogP contribution >= 0.6 is 11.8 Å². The highest BCUT2D eigenvalue weighted by molar-refractivity contribution is 8.00. The molecule has 1 aromatic carbocycles. The van der Waals surface area contributed by atoms with Crippen LogP contribution in [0, 0.1) is 0 Å². The molecule has 2 fully saturated rings. The Bertz CT molecular complexity index is 1090. The Hall–Kier alpha value is -2.77. The second-order valence-corrected chi connectivity index (χ2v) is 9.32. The molecular weight excluding hydrogens is 468 g/mol. The fraction of sp³-hybridized carbons (Fsp3) is 0.455. The number of hydrogen-bond donors (Lipinski definition) is 4. The van der Waals surface area contributed by atoms with Gasteiger partial charge in [-0.25, -0.2) is 0 Å². The molecule has 2 amide bonds. The highest BCUT2D eigenvalue weighted by Crippen LogP contribution is 2.50. The molecule has 1 aliphatic carbocycles. The van der Waals surface area contributed by atoms with Gasteiger partial charge in [0.1, 0.15) is 29.6 Å². The van der Waals surface area contributed by atoms with E-state index in [1.165, 1.54) is 51.6 Å². The maximum absolute atomic E-state index is 13.6. The number of methoxy groups -OCH3 is 2. The highest BCUT2D eigenvalue weighted by atomic mass is 32.2. The molecule has 0 spiro atoms. The van der Waals surface area contributed by atoms with E-state index in [0.717, 1.165) is 21.7 Å². The maximum Gasteiger partial charge on any atom is 0.296 e. The standard InChI is InChI=1S/C22H26N2O9S/c1-23-12(9-11-5-7-14(31-2)17(32-3)16(11)27)19(28)24-22(34-4,20(23)29)10-21(30)15(26)8-6-13(25)18(21)33-24/h5-9,13,15,18,25-27,30H,10H2,1-4H3/b12-9-/t13-,15-,18+,21+,22-/m1/s1. The number of phenols is 1. The lowest BCUT2D eigenvalue weighted by molar-refractivity contribution is -0.325. The SMILES string of the molecule is COc1ccc(/C=C2/C(=O)N3O[C@H]4[C@H](O)C=C[C@@H](O)[C@@]4(O)C[C@@]3(SC)C(=O)N2C)c(O)c1OC. The number of carbonyl (C=O) groups is 2. The van der Waals surface area contributed by atoms with E-state index in [9.17, 15) is 30.0 Å². The monoisotopic (exact) mass is 494 g/mol. The molecule has 2 saturated heterocycles.